The molecule has 5 heteroatoms. The number of nitrogens with one attached hydrogen (secondary N) is 1. The second-order valence-electron chi connectivity index (χ2n) is 4.79. The SMILES string of the molecule is CCCCCCCC(=O)NCCSC(=O)CC(C)O. The summed E-state index contributed by atoms with van der Waals surface area (Å²) in [6, 6.07) is 0. The third-order valence-electron chi connectivity index (χ3n) is 2.66. The quantitative estimate of drug-likeness (QED) is 0.574. The van der Waals surface area contributed by atoms with Crippen molar-refractivity contribution < 1.29 is 14.7 Å². The Morgan fingerprint density at radius 2 is 1.89 bits per heavy atom. The summed E-state index contributed by atoms with van der Waals surface area (Å²) in [6.07, 6.45) is 5.88. The summed E-state index contributed by atoms with van der Waals surface area (Å²) < 4.78 is 0. The molecule has 0 heterocycles. The molecular formula is C14H27NO3S. The molecule has 0 aliphatic rings. The highest BCUT2D eigenvalue weighted by Gasteiger charge is 2.07. The Hall–Kier alpha value is -0.550. The first kappa shape index (κ1) is 18.4. The van der Waals surface area contributed by atoms with Crippen LogP contribution < -0.4 is 5.32 Å². The molecule has 112 valence electrons. The highest BCUT2D eigenvalue weighted by atomic mass is 32.2. The summed E-state index contributed by atoms with van der Waals surface area (Å²) in [5.41, 5.74) is 0. The van der Waals surface area contributed by atoms with Gasteiger partial charge in [0, 0.05) is 25.1 Å². The van der Waals surface area contributed by atoms with Crippen LogP contribution in [-0.4, -0.2) is 34.5 Å². The fraction of sp³-hybridized carbons (Fsp3) is 0.857. The van der Waals surface area contributed by atoms with E-state index in [0.717, 1.165) is 12.8 Å². The molecule has 0 aromatic heterocycles. The van der Waals surface area contributed by atoms with E-state index in [1.807, 2.05) is 0 Å². The molecule has 2 N–H and O–H groups in total. The van der Waals surface area contributed by atoms with Crippen molar-refractivity contribution >= 4 is 22.8 Å². The van der Waals surface area contributed by atoms with E-state index in [1.165, 1.54) is 31.0 Å². The van der Waals surface area contributed by atoms with Gasteiger partial charge in [-0.05, 0) is 13.3 Å². The average molecular weight is 289 g/mol. The largest absolute Gasteiger partial charge is 0.393 e. The topological polar surface area (TPSA) is 66.4 Å². The molecule has 0 aliphatic heterocycles. The van der Waals surface area contributed by atoms with E-state index in [0.29, 0.717) is 18.7 Å². The third kappa shape index (κ3) is 13.7. The van der Waals surface area contributed by atoms with E-state index in [4.69, 9.17) is 5.11 Å². The van der Waals surface area contributed by atoms with Gasteiger partial charge in [0.25, 0.3) is 0 Å². The molecule has 0 bridgehead atoms. The van der Waals surface area contributed by atoms with E-state index in [1.54, 1.807) is 6.92 Å². The molecule has 0 radical (unpaired) electrons. The van der Waals surface area contributed by atoms with E-state index in [9.17, 15) is 9.59 Å². The molecule has 1 amide bonds. The molecule has 0 rings (SSSR count). The second kappa shape index (κ2) is 12.5. The van der Waals surface area contributed by atoms with Crippen molar-refractivity contribution in [3.8, 4) is 0 Å². The second-order valence-corrected chi connectivity index (χ2v) is 5.94. The molecule has 19 heavy (non-hydrogen) atoms. The molecule has 0 aromatic carbocycles. The molecule has 0 aromatic rings. The first-order chi connectivity index (χ1) is 9.06. The highest BCUT2D eigenvalue weighted by Crippen LogP contribution is 2.07. The van der Waals surface area contributed by atoms with Crippen LogP contribution in [0.15, 0.2) is 0 Å². The Kier molecular flexibility index (Phi) is 12.1. The van der Waals surface area contributed by atoms with Gasteiger partial charge in [-0.15, -0.1) is 0 Å². The van der Waals surface area contributed by atoms with Gasteiger partial charge in [-0.25, -0.2) is 0 Å². The zero-order valence-corrected chi connectivity index (χ0v) is 12.9. The molecule has 0 saturated carbocycles. The monoisotopic (exact) mass is 289 g/mol. The minimum absolute atomic E-state index is 0.0242. The van der Waals surface area contributed by atoms with Crippen molar-refractivity contribution in [2.24, 2.45) is 0 Å². The van der Waals surface area contributed by atoms with Crippen molar-refractivity contribution in [1.82, 2.24) is 5.32 Å². The molecule has 0 aliphatic carbocycles. The number of thioether (sulfide) groups is 1. The predicted molar refractivity (Wildman–Crippen MR) is 80.1 cm³/mol. The Bertz CT molecular complexity index is 257. The first-order valence-electron chi connectivity index (χ1n) is 7.16. The lowest BCUT2D eigenvalue weighted by molar-refractivity contribution is -0.121. The normalized spacial score (nSPS) is 12.2. The Labute approximate surface area is 120 Å². The number of amides is 1. The molecule has 0 spiro atoms. The summed E-state index contributed by atoms with van der Waals surface area (Å²) in [6.45, 7) is 4.28. The summed E-state index contributed by atoms with van der Waals surface area (Å²) in [4.78, 5) is 22.7. The lowest BCUT2D eigenvalue weighted by Crippen LogP contribution is -2.25. The zero-order chi connectivity index (χ0) is 14.5. The number of unbranched alkanes of at least 4 members (excludes halogenated alkanes) is 4. The average Bonchev–Trinajstić information content (AvgIpc) is 2.33. The van der Waals surface area contributed by atoms with Gasteiger partial charge in [0.2, 0.25) is 5.91 Å². The van der Waals surface area contributed by atoms with Gasteiger partial charge in [-0.2, -0.15) is 0 Å². The van der Waals surface area contributed by atoms with Gasteiger partial charge in [-0.3, -0.25) is 9.59 Å². The van der Waals surface area contributed by atoms with Crippen LogP contribution in [0.3, 0.4) is 0 Å². The fourth-order valence-electron chi connectivity index (χ4n) is 1.63. The molecule has 4 nitrogen and oxygen atoms in total. The van der Waals surface area contributed by atoms with Crippen LogP contribution in [0.1, 0.15) is 58.8 Å². The summed E-state index contributed by atoms with van der Waals surface area (Å²) >= 11 is 1.17. The maximum absolute atomic E-state index is 11.5. The van der Waals surface area contributed by atoms with Crippen LogP contribution in [0.2, 0.25) is 0 Å². The van der Waals surface area contributed by atoms with Crippen molar-refractivity contribution in [1.29, 1.82) is 0 Å². The number of aliphatic hydroxyl groups is 1. The van der Waals surface area contributed by atoms with Gasteiger partial charge < -0.3 is 10.4 Å². The van der Waals surface area contributed by atoms with Gasteiger partial charge in [0.15, 0.2) is 5.12 Å². The summed E-state index contributed by atoms with van der Waals surface area (Å²) in [5.74, 6) is 0.646. The number of carbonyl (C=O) groups is 2. The summed E-state index contributed by atoms with van der Waals surface area (Å²) in [5, 5.41) is 11.8. The Morgan fingerprint density at radius 3 is 2.53 bits per heavy atom. The van der Waals surface area contributed by atoms with Crippen molar-refractivity contribution in [3.05, 3.63) is 0 Å². The molecule has 0 saturated heterocycles. The van der Waals surface area contributed by atoms with E-state index in [-0.39, 0.29) is 17.4 Å². The van der Waals surface area contributed by atoms with Crippen LogP contribution in [0, 0.1) is 0 Å². The highest BCUT2D eigenvalue weighted by molar-refractivity contribution is 8.13. The van der Waals surface area contributed by atoms with Crippen LogP contribution >= 0.6 is 11.8 Å². The molecule has 0 fully saturated rings. The maximum atomic E-state index is 11.5. The minimum atomic E-state index is -0.585. The number of carbonyl (C=O) groups excluding carboxylic acids is 2. The molecule has 1 unspecified atom stereocenters. The molecule has 1 atom stereocenters. The van der Waals surface area contributed by atoms with Crippen molar-refractivity contribution in [2.75, 3.05) is 12.3 Å². The number of hydrogen-bond acceptors (Lipinski definition) is 4. The van der Waals surface area contributed by atoms with Gasteiger partial charge in [0.05, 0.1) is 6.10 Å². The van der Waals surface area contributed by atoms with Crippen LogP contribution in [0.25, 0.3) is 0 Å². The van der Waals surface area contributed by atoms with Gasteiger partial charge in [0.1, 0.15) is 0 Å². The lowest BCUT2D eigenvalue weighted by Gasteiger charge is -2.05. The van der Waals surface area contributed by atoms with Gasteiger partial charge >= 0.3 is 0 Å². The van der Waals surface area contributed by atoms with Crippen LogP contribution in [0.5, 0.6) is 0 Å². The van der Waals surface area contributed by atoms with E-state index < -0.39 is 6.10 Å². The molecular weight excluding hydrogens is 262 g/mol. The lowest BCUT2D eigenvalue weighted by atomic mass is 10.1. The van der Waals surface area contributed by atoms with E-state index in [2.05, 4.69) is 12.2 Å². The Morgan fingerprint density at radius 1 is 1.21 bits per heavy atom. The zero-order valence-electron chi connectivity index (χ0n) is 12.1. The van der Waals surface area contributed by atoms with E-state index >= 15 is 0 Å². The van der Waals surface area contributed by atoms with Crippen LogP contribution in [-0.2, 0) is 9.59 Å². The third-order valence-corrected chi connectivity index (χ3v) is 3.55. The first-order valence-corrected chi connectivity index (χ1v) is 8.15. The number of rotatable bonds is 11. The smallest absolute Gasteiger partial charge is 0.220 e. The standard InChI is InChI=1S/C14H27NO3S/c1-3-4-5-6-7-8-13(17)15-9-10-19-14(18)11-12(2)16/h12,16H,3-11H2,1-2H3,(H,15,17). The maximum Gasteiger partial charge on any atom is 0.220 e. The number of aliphatic hydroxyl groups excluding tert-OH is 1. The predicted octanol–water partition coefficient (Wildman–Crippen LogP) is 2.49. The fourth-order valence-corrected chi connectivity index (χ4v) is 2.42. The van der Waals surface area contributed by atoms with Crippen molar-refractivity contribution in [2.45, 2.75) is 64.9 Å². The number of hydrogen-bond donors (Lipinski definition) is 2. The van der Waals surface area contributed by atoms with Crippen LogP contribution in [0.4, 0.5) is 0 Å². The van der Waals surface area contributed by atoms with Gasteiger partial charge in [-0.1, -0.05) is 44.4 Å². The minimum Gasteiger partial charge on any atom is -0.393 e. The van der Waals surface area contributed by atoms with Crippen molar-refractivity contribution in [3.63, 3.8) is 0 Å². The summed E-state index contributed by atoms with van der Waals surface area (Å²) in [7, 11) is 0. The Balaban J connectivity index is 3.36.